The summed E-state index contributed by atoms with van der Waals surface area (Å²) in [7, 11) is 0. The maximum absolute atomic E-state index is 7.44. The third-order valence-electron chi connectivity index (χ3n) is 20.0. The van der Waals surface area contributed by atoms with Gasteiger partial charge < -0.3 is 18.6 Å². The van der Waals surface area contributed by atoms with Crippen LogP contribution in [-0.2, 0) is 5.41 Å². The molecule has 0 aliphatic heterocycles. The third-order valence-corrected chi connectivity index (χ3v) is 20.0. The van der Waals surface area contributed by atoms with E-state index in [2.05, 4.69) is 343 Å². The number of nitrogens with zero attached hydrogens (tertiary/aromatic N) is 2. The predicted octanol–water partition coefficient (Wildman–Crippen LogP) is 25.3. The molecule has 0 saturated carbocycles. The highest BCUT2D eigenvalue weighted by molar-refractivity contribution is 6.21. The van der Waals surface area contributed by atoms with Crippen molar-refractivity contribution in [3.8, 4) is 33.4 Å². The minimum Gasteiger partial charge on any atom is -0.453 e. The Morgan fingerprint density at radius 2 is 0.602 bits per heavy atom. The molecule has 93 heavy (non-hydrogen) atoms. The van der Waals surface area contributed by atoms with E-state index in [4.69, 9.17) is 8.83 Å². The Morgan fingerprint density at radius 3 is 0.989 bits per heavy atom. The molecular weight excluding hydrogens is 1130 g/mol. The molecule has 14 aromatic carbocycles. The fraction of sp³-hybridized carbons (Fsp3) is 0.101. The van der Waals surface area contributed by atoms with Gasteiger partial charge in [0.15, 0.2) is 11.2 Å². The predicted molar refractivity (Wildman–Crippen MR) is 391 cm³/mol. The van der Waals surface area contributed by atoms with E-state index in [-0.39, 0.29) is 0 Å². The Morgan fingerprint density at radius 1 is 0.280 bits per heavy atom. The first-order valence-electron chi connectivity index (χ1n) is 32.7. The number of hydrogen-bond acceptors (Lipinski definition) is 4. The number of para-hydroxylation sites is 4. The average Bonchev–Trinajstić information content (AvgIpc) is 1.53. The molecule has 0 unspecified atom stereocenters. The maximum Gasteiger partial charge on any atom is 0.159 e. The summed E-state index contributed by atoms with van der Waals surface area (Å²) in [5.41, 5.74) is 25.3. The van der Waals surface area contributed by atoms with Crippen LogP contribution in [0.4, 0.5) is 34.1 Å². The zero-order valence-corrected chi connectivity index (χ0v) is 53.1. The summed E-state index contributed by atoms with van der Waals surface area (Å²) in [5.74, 6) is 0.697. The van der Waals surface area contributed by atoms with E-state index >= 15 is 0 Å². The van der Waals surface area contributed by atoms with Gasteiger partial charge in [-0.2, -0.15) is 0 Å². The second-order valence-corrected chi connectivity index (χ2v) is 25.9. The van der Waals surface area contributed by atoms with Crippen molar-refractivity contribution < 1.29 is 8.83 Å². The number of anilines is 6. The summed E-state index contributed by atoms with van der Waals surface area (Å²) >= 11 is 0. The molecular formula is C89H68N2O2. The zero-order chi connectivity index (χ0) is 62.6. The van der Waals surface area contributed by atoms with Crippen LogP contribution in [-0.4, -0.2) is 0 Å². The van der Waals surface area contributed by atoms with Crippen LogP contribution in [0.2, 0.25) is 0 Å². The Labute approximate surface area is 542 Å². The fourth-order valence-corrected chi connectivity index (χ4v) is 15.5. The van der Waals surface area contributed by atoms with Crippen LogP contribution < -0.4 is 9.80 Å². The monoisotopic (exact) mass is 1200 g/mol. The molecule has 1 aliphatic rings. The van der Waals surface area contributed by atoms with Crippen molar-refractivity contribution in [2.45, 2.75) is 58.8 Å². The van der Waals surface area contributed by atoms with Crippen LogP contribution in [0.3, 0.4) is 0 Å². The molecule has 0 amide bonds. The lowest BCUT2D eigenvalue weighted by Gasteiger charge is -2.36. The van der Waals surface area contributed by atoms with Gasteiger partial charge >= 0.3 is 0 Å². The number of benzene rings is 14. The van der Waals surface area contributed by atoms with Crippen LogP contribution in [0.25, 0.3) is 98.8 Å². The normalized spacial score (nSPS) is 12.7. The number of furan rings is 2. The van der Waals surface area contributed by atoms with Gasteiger partial charge in [0.1, 0.15) is 11.2 Å². The summed E-state index contributed by atoms with van der Waals surface area (Å²) in [4.78, 5) is 4.97. The van der Waals surface area contributed by atoms with Gasteiger partial charge in [-0.15, -0.1) is 0 Å². The second-order valence-electron chi connectivity index (χ2n) is 25.9. The molecule has 0 spiro atoms. The Hall–Kier alpha value is -11.2. The minimum atomic E-state index is -0.868. The number of hydrogen-bond donors (Lipinski definition) is 0. The van der Waals surface area contributed by atoms with E-state index in [0.29, 0.717) is 11.8 Å². The molecule has 4 nitrogen and oxygen atoms in total. The van der Waals surface area contributed by atoms with Crippen molar-refractivity contribution in [2.24, 2.45) is 0 Å². The largest absolute Gasteiger partial charge is 0.453 e. The number of rotatable bonds is 12. The van der Waals surface area contributed by atoms with Gasteiger partial charge in [-0.05, 0) is 152 Å². The molecule has 0 radical (unpaired) electrons. The first kappa shape index (κ1) is 55.8. The van der Waals surface area contributed by atoms with Crippen LogP contribution in [0.1, 0.15) is 84.0 Å². The Bertz CT molecular complexity index is 5250. The van der Waals surface area contributed by atoms with Crippen LogP contribution >= 0.6 is 0 Å². The van der Waals surface area contributed by atoms with E-state index in [9.17, 15) is 0 Å². The molecule has 17 rings (SSSR count). The van der Waals surface area contributed by atoms with Crippen molar-refractivity contribution in [2.75, 3.05) is 9.80 Å². The smallest absolute Gasteiger partial charge is 0.159 e. The highest BCUT2D eigenvalue weighted by Crippen LogP contribution is 2.63. The molecule has 1 aliphatic carbocycles. The van der Waals surface area contributed by atoms with Crippen LogP contribution in [0, 0.1) is 13.8 Å². The van der Waals surface area contributed by atoms with Gasteiger partial charge in [0.25, 0.3) is 0 Å². The van der Waals surface area contributed by atoms with Gasteiger partial charge in [0.2, 0.25) is 0 Å². The van der Waals surface area contributed by atoms with E-state index in [1.807, 2.05) is 0 Å². The topological polar surface area (TPSA) is 32.8 Å². The first-order valence-corrected chi connectivity index (χ1v) is 32.7. The van der Waals surface area contributed by atoms with E-state index < -0.39 is 5.41 Å². The number of aryl methyl sites for hydroxylation is 2. The summed E-state index contributed by atoms with van der Waals surface area (Å²) < 4.78 is 14.9. The van der Waals surface area contributed by atoms with E-state index in [1.54, 1.807) is 0 Å². The molecule has 446 valence electrons. The highest BCUT2D eigenvalue weighted by atomic mass is 16.3. The van der Waals surface area contributed by atoms with E-state index in [0.717, 1.165) is 122 Å². The fourth-order valence-electron chi connectivity index (χ4n) is 15.5. The Balaban J connectivity index is 0.986. The molecule has 0 atom stereocenters. The van der Waals surface area contributed by atoms with Gasteiger partial charge in [-0.1, -0.05) is 270 Å². The molecule has 0 bridgehead atoms. The van der Waals surface area contributed by atoms with Crippen LogP contribution in [0.5, 0.6) is 0 Å². The van der Waals surface area contributed by atoms with Crippen molar-refractivity contribution in [3.05, 3.63) is 336 Å². The standard InChI is InChI=1S/C89H68N2O2/c1-55(2)59-45-49-63(50-46-59)90(79-43-23-41-75-73-39-21-37-71(85(73)92-87(75)79)65-31-15-13-25-57(65)5)81-53-77-83(69-35-19-17-33-67(69)81)84-70-36-20-18-34-68(70)82(54-78(84)89(77,61-27-9-7-10-28-61)62-29-11-8-12-30-62)91(64-51-47-60(48-52-64)56(3)4)80-44-24-42-76-74-40-22-38-72(86(74)93-88(76)80)66-32-16-14-26-58(66)6/h7-56H,1-6H3. The highest BCUT2D eigenvalue weighted by Gasteiger charge is 2.49. The lowest BCUT2D eigenvalue weighted by atomic mass is 9.67. The lowest BCUT2D eigenvalue weighted by molar-refractivity contribution is 0.670. The molecule has 16 aromatic rings. The van der Waals surface area contributed by atoms with Crippen molar-refractivity contribution in [1.82, 2.24) is 0 Å². The summed E-state index contributed by atoms with van der Waals surface area (Å²) in [5, 5.41) is 8.88. The lowest BCUT2D eigenvalue weighted by Crippen LogP contribution is -2.29. The van der Waals surface area contributed by atoms with Crippen molar-refractivity contribution in [1.29, 1.82) is 0 Å². The van der Waals surface area contributed by atoms with Crippen molar-refractivity contribution in [3.63, 3.8) is 0 Å². The van der Waals surface area contributed by atoms with Crippen LogP contribution in [0.15, 0.2) is 300 Å². The van der Waals surface area contributed by atoms with E-state index in [1.165, 1.54) is 55.6 Å². The van der Waals surface area contributed by atoms with Gasteiger partial charge in [0, 0.05) is 54.8 Å². The average molecular weight is 1200 g/mol. The minimum absolute atomic E-state index is 0.348. The zero-order valence-electron chi connectivity index (χ0n) is 53.1. The van der Waals surface area contributed by atoms with Gasteiger partial charge in [0.05, 0.1) is 28.2 Å². The first-order chi connectivity index (χ1) is 45.6. The summed E-state index contributed by atoms with van der Waals surface area (Å²) in [6, 6.07) is 108. The van der Waals surface area contributed by atoms with Gasteiger partial charge in [-0.25, -0.2) is 0 Å². The Kier molecular flexibility index (Phi) is 13.2. The molecule has 0 fully saturated rings. The summed E-state index contributed by atoms with van der Waals surface area (Å²) in [6.45, 7) is 13.4. The molecule has 2 heterocycles. The third kappa shape index (κ3) is 8.65. The van der Waals surface area contributed by atoms with Gasteiger partial charge in [-0.3, -0.25) is 0 Å². The van der Waals surface area contributed by atoms with Crippen molar-refractivity contribution >= 4 is 99.5 Å². The quantitative estimate of drug-likeness (QED) is 0.122. The SMILES string of the molecule is Cc1ccccc1-c1cccc2c1oc1c(N(c3ccc(C(C)C)cc3)c3cc4c(c5ccccc35)-c3c(cc(N(c5ccc(C(C)C)cc5)c5cccc6c5oc5c(-c7ccccc7C)cccc56)c5ccccc35)C4(c3ccccc3)c3ccccc3)cccc12. The maximum atomic E-state index is 7.44. The number of fused-ring (bicyclic) bond motifs is 13. The molecule has 4 heteroatoms. The molecule has 0 N–H and O–H groups in total. The molecule has 0 saturated heterocycles. The molecule has 2 aromatic heterocycles. The second kappa shape index (κ2) is 22.0. The summed E-state index contributed by atoms with van der Waals surface area (Å²) in [6.07, 6.45) is 0.